The van der Waals surface area contributed by atoms with E-state index in [9.17, 15) is 4.79 Å². The minimum atomic E-state index is -0.416. The lowest BCUT2D eigenvalue weighted by atomic mass is 9.86. The van der Waals surface area contributed by atoms with E-state index in [4.69, 9.17) is 17.3 Å². The SMILES string of the molecule is [B]C(C)c1nc2ccccc2n(CC2OC(C)O2)c1=O. The first kappa shape index (κ1) is 13.3. The second kappa shape index (κ2) is 5.03. The topological polar surface area (TPSA) is 53.4 Å². The van der Waals surface area contributed by atoms with Crippen LogP contribution in [0.4, 0.5) is 0 Å². The molecular weight excluding hydrogens is 255 g/mol. The molecule has 0 N–H and O–H groups in total. The molecule has 3 rings (SSSR count). The highest BCUT2D eigenvalue weighted by molar-refractivity contribution is 6.11. The molecule has 5 nitrogen and oxygen atoms in total. The first-order chi connectivity index (χ1) is 9.56. The second-order valence-corrected chi connectivity index (χ2v) is 4.96. The first-order valence-corrected chi connectivity index (χ1v) is 6.62. The standard InChI is InChI=1S/C14H15BN2O3/c1-8(15)13-14(18)17(7-12-19-9(2)20-12)11-6-4-3-5-10(11)16-13/h3-6,8-9,12H,7H2,1-2H3. The van der Waals surface area contributed by atoms with Crippen molar-refractivity contribution in [2.45, 2.75) is 38.8 Å². The molecule has 2 aromatic rings. The molecule has 102 valence electrons. The predicted molar refractivity (Wildman–Crippen MR) is 75.6 cm³/mol. The Morgan fingerprint density at radius 2 is 2.10 bits per heavy atom. The van der Waals surface area contributed by atoms with Crippen molar-refractivity contribution < 1.29 is 9.47 Å². The Balaban J connectivity index is 2.11. The van der Waals surface area contributed by atoms with Crippen LogP contribution >= 0.6 is 0 Å². The lowest BCUT2D eigenvalue weighted by Crippen LogP contribution is -2.44. The largest absolute Gasteiger partial charge is 0.322 e. The summed E-state index contributed by atoms with van der Waals surface area (Å²) in [4.78, 5) is 16.9. The van der Waals surface area contributed by atoms with E-state index in [0.717, 1.165) is 11.0 Å². The normalized spacial score (nSPS) is 23.5. The van der Waals surface area contributed by atoms with Gasteiger partial charge in [-0.3, -0.25) is 4.79 Å². The summed E-state index contributed by atoms with van der Waals surface area (Å²) in [6.07, 6.45) is -0.605. The van der Waals surface area contributed by atoms with Gasteiger partial charge in [0, 0.05) is 0 Å². The van der Waals surface area contributed by atoms with Gasteiger partial charge in [0.05, 0.1) is 25.4 Å². The minimum Gasteiger partial charge on any atom is -0.322 e. The molecule has 0 spiro atoms. The average molecular weight is 270 g/mol. The van der Waals surface area contributed by atoms with E-state index in [1.807, 2.05) is 31.2 Å². The third-order valence-electron chi connectivity index (χ3n) is 3.33. The molecule has 1 aliphatic heterocycles. The Labute approximate surface area is 117 Å². The van der Waals surface area contributed by atoms with Crippen molar-refractivity contribution in [3.05, 3.63) is 40.3 Å². The molecule has 6 heteroatoms. The van der Waals surface area contributed by atoms with Crippen LogP contribution in [0, 0.1) is 0 Å². The molecule has 0 bridgehead atoms. The second-order valence-electron chi connectivity index (χ2n) is 4.96. The van der Waals surface area contributed by atoms with E-state index in [1.54, 1.807) is 11.5 Å². The van der Waals surface area contributed by atoms with Crippen LogP contribution in [-0.2, 0) is 16.0 Å². The predicted octanol–water partition coefficient (Wildman–Crippen LogP) is 1.34. The zero-order valence-corrected chi connectivity index (χ0v) is 11.4. The van der Waals surface area contributed by atoms with Crippen LogP contribution in [0.5, 0.6) is 0 Å². The zero-order chi connectivity index (χ0) is 14.3. The molecule has 2 heterocycles. The van der Waals surface area contributed by atoms with Crippen molar-refractivity contribution in [1.82, 2.24) is 9.55 Å². The van der Waals surface area contributed by atoms with Gasteiger partial charge < -0.3 is 14.0 Å². The minimum absolute atomic E-state index is 0.189. The van der Waals surface area contributed by atoms with Crippen molar-refractivity contribution >= 4 is 18.9 Å². The smallest absolute Gasteiger partial charge is 0.272 e. The molecule has 0 aliphatic carbocycles. The van der Waals surface area contributed by atoms with Gasteiger partial charge in [-0.15, -0.1) is 0 Å². The summed E-state index contributed by atoms with van der Waals surface area (Å²) in [5.74, 6) is -0.416. The number of para-hydroxylation sites is 2. The maximum atomic E-state index is 12.5. The molecule has 1 saturated heterocycles. The van der Waals surface area contributed by atoms with E-state index in [-0.39, 0.29) is 11.8 Å². The van der Waals surface area contributed by atoms with Gasteiger partial charge in [0.2, 0.25) is 0 Å². The highest BCUT2D eigenvalue weighted by atomic mass is 16.9. The summed E-state index contributed by atoms with van der Waals surface area (Å²) in [5, 5.41) is 0. The highest BCUT2D eigenvalue weighted by Crippen LogP contribution is 2.19. The van der Waals surface area contributed by atoms with Crippen LogP contribution in [0.15, 0.2) is 29.1 Å². The Hall–Kier alpha value is -1.66. The Morgan fingerprint density at radius 3 is 2.75 bits per heavy atom. The van der Waals surface area contributed by atoms with E-state index in [1.165, 1.54) is 0 Å². The van der Waals surface area contributed by atoms with Gasteiger partial charge in [-0.1, -0.05) is 19.1 Å². The lowest BCUT2D eigenvalue weighted by molar-refractivity contribution is -0.379. The summed E-state index contributed by atoms with van der Waals surface area (Å²) in [6.45, 7) is 3.91. The van der Waals surface area contributed by atoms with Gasteiger partial charge in [-0.05, 0) is 24.9 Å². The number of aromatic nitrogens is 2. The molecule has 20 heavy (non-hydrogen) atoms. The van der Waals surface area contributed by atoms with Crippen LogP contribution in [0.1, 0.15) is 25.4 Å². The van der Waals surface area contributed by atoms with E-state index < -0.39 is 12.1 Å². The quantitative estimate of drug-likeness (QED) is 0.790. The van der Waals surface area contributed by atoms with Crippen molar-refractivity contribution in [3.8, 4) is 0 Å². The van der Waals surface area contributed by atoms with Crippen LogP contribution < -0.4 is 5.56 Å². The van der Waals surface area contributed by atoms with Crippen molar-refractivity contribution in [2.75, 3.05) is 0 Å². The number of rotatable bonds is 3. The Kier molecular flexibility index (Phi) is 3.35. The van der Waals surface area contributed by atoms with Crippen molar-refractivity contribution in [2.24, 2.45) is 0 Å². The van der Waals surface area contributed by atoms with E-state index in [2.05, 4.69) is 4.98 Å². The number of nitrogens with zero attached hydrogens (tertiary/aromatic N) is 2. The van der Waals surface area contributed by atoms with E-state index >= 15 is 0 Å². The summed E-state index contributed by atoms with van der Waals surface area (Å²) >= 11 is 0. The lowest BCUT2D eigenvalue weighted by Gasteiger charge is -2.34. The molecule has 1 unspecified atom stereocenters. The third kappa shape index (κ3) is 2.25. The van der Waals surface area contributed by atoms with Crippen LogP contribution in [0.2, 0.25) is 0 Å². The third-order valence-corrected chi connectivity index (χ3v) is 3.33. The fourth-order valence-corrected chi connectivity index (χ4v) is 2.36. The fourth-order valence-electron chi connectivity index (χ4n) is 2.36. The number of hydrogen-bond donors (Lipinski definition) is 0. The van der Waals surface area contributed by atoms with E-state index in [0.29, 0.717) is 12.2 Å². The van der Waals surface area contributed by atoms with Gasteiger partial charge in [0.1, 0.15) is 5.69 Å². The average Bonchev–Trinajstić information content (AvgIpc) is 2.39. The highest BCUT2D eigenvalue weighted by Gasteiger charge is 2.28. The molecule has 2 radical (unpaired) electrons. The molecule has 1 aromatic carbocycles. The van der Waals surface area contributed by atoms with Gasteiger partial charge in [-0.2, -0.15) is 0 Å². The monoisotopic (exact) mass is 270 g/mol. The molecular formula is C14H15BN2O3. The maximum Gasteiger partial charge on any atom is 0.272 e. The van der Waals surface area contributed by atoms with Gasteiger partial charge in [0.15, 0.2) is 12.6 Å². The van der Waals surface area contributed by atoms with Gasteiger partial charge in [0.25, 0.3) is 5.56 Å². The Bertz CT molecular complexity index is 692. The number of fused-ring (bicyclic) bond motifs is 1. The van der Waals surface area contributed by atoms with Crippen molar-refractivity contribution in [3.63, 3.8) is 0 Å². The summed E-state index contributed by atoms with van der Waals surface area (Å²) < 4.78 is 12.4. The molecule has 1 atom stereocenters. The molecule has 0 amide bonds. The molecule has 1 fully saturated rings. The number of benzene rings is 1. The number of ether oxygens (including phenoxy) is 2. The van der Waals surface area contributed by atoms with Crippen molar-refractivity contribution in [1.29, 1.82) is 0 Å². The fraction of sp³-hybridized carbons (Fsp3) is 0.429. The summed E-state index contributed by atoms with van der Waals surface area (Å²) in [5.41, 5.74) is 1.67. The van der Waals surface area contributed by atoms with Gasteiger partial charge in [-0.25, -0.2) is 4.98 Å². The summed E-state index contributed by atoms with van der Waals surface area (Å²) in [7, 11) is 5.84. The van der Waals surface area contributed by atoms with Crippen LogP contribution in [-0.4, -0.2) is 30.0 Å². The molecule has 0 saturated carbocycles. The van der Waals surface area contributed by atoms with Crippen LogP contribution in [0.3, 0.4) is 0 Å². The molecule has 1 aromatic heterocycles. The van der Waals surface area contributed by atoms with Crippen LogP contribution in [0.25, 0.3) is 11.0 Å². The summed E-state index contributed by atoms with van der Waals surface area (Å²) in [6, 6.07) is 7.48. The zero-order valence-electron chi connectivity index (χ0n) is 11.4. The first-order valence-electron chi connectivity index (χ1n) is 6.62. The maximum absolute atomic E-state index is 12.5. The number of hydrogen-bond acceptors (Lipinski definition) is 4. The van der Waals surface area contributed by atoms with Gasteiger partial charge >= 0.3 is 0 Å². The molecule has 1 aliphatic rings. The Morgan fingerprint density at radius 1 is 1.40 bits per heavy atom.